The molecule has 1 aromatic rings. The number of hydrogen-bond acceptors (Lipinski definition) is 4. The van der Waals surface area contributed by atoms with Gasteiger partial charge in [0.15, 0.2) is 0 Å². The van der Waals surface area contributed by atoms with Crippen molar-refractivity contribution < 1.29 is 17.9 Å². The summed E-state index contributed by atoms with van der Waals surface area (Å²) >= 11 is 6.05. The highest BCUT2D eigenvalue weighted by Crippen LogP contribution is 2.30. The van der Waals surface area contributed by atoms with Crippen molar-refractivity contribution in [1.29, 1.82) is 0 Å². The third kappa shape index (κ3) is 3.84. The van der Waals surface area contributed by atoms with E-state index in [4.69, 9.17) is 16.3 Å². The van der Waals surface area contributed by atoms with Crippen LogP contribution < -0.4 is 9.04 Å². The fraction of sp³-hybridized carbons (Fsp3) is 0.500. The van der Waals surface area contributed by atoms with E-state index in [0.29, 0.717) is 29.5 Å². The van der Waals surface area contributed by atoms with Crippen LogP contribution in [0.15, 0.2) is 18.2 Å². The molecule has 0 unspecified atom stereocenters. The predicted molar refractivity (Wildman–Crippen MR) is 86.0 cm³/mol. The highest BCUT2D eigenvalue weighted by molar-refractivity contribution is 7.92. The lowest BCUT2D eigenvalue weighted by atomic mass is 10.3. The van der Waals surface area contributed by atoms with E-state index in [-0.39, 0.29) is 12.5 Å². The molecule has 1 aliphatic heterocycles. The Bertz CT molecular complexity index is 657. The predicted octanol–water partition coefficient (Wildman–Crippen LogP) is 1.74. The second-order valence-corrected chi connectivity index (χ2v) is 7.49. The summed E-state index contributed by atoms with van der Waals surface area (Å²) in [5.74, 6) is 0.250. The van der Waals surface area contributed by atoms with Gasteiger partial charge in [-0.25, -0.2) is 8.42 Å². The topological polar surface area (TPSA) is 66.9 Å². The van der Waals surface area contributed by atoms with Crippen molar-refractivity contribution in [3.8, 4) is 5.75 Å². The van der Waals surface area contributed by atoms with Gasteiger partial charge in [-0.2, -0.15) is 0 Å². The normalized spacial score (nSPS) is 15.0. The Morgan fingerprint density at radius 3 is 2.50 bits per heavy atom. The fourth-order valence-electron chi connectivity index (χ4n) is 2.40. The molecule has 1 heterocycles. The van der Waals surface area contributed by atoms with Gasteiger partial charge in [-0.3, -0.25) is 9.10 Å². The van der Waals surface area contributed by atoms with Crippen LogP contribution in [0.5, 0.6) is 5.75 Å². The number of hydrogen-bond donors (Lipinski definition) is 0. The first-order chi connectivity index (χ1) is 10.3. The van der Waals surface area contributed by atoms with Crippen LogP contribution in [0.3, 0.4) is 0 Å². The van der Waals surface area contributed by atoms with Gasteiger partial charge in [-0.05, 0) is 31.0 Å². The molecule has 122 valence electrons. The number of ether oxygens (including phenoxy) is 1. The molecule has 6 nitrogen and oxygen atoms in total. The molecule has 1 aromatic carbocycles. The molecule has 1 fully saturated rings. The summed E-state index contributed by atoms with van der Waals surface area (Å²) in [5, 5.41) is 0.294. The third-order valence-corrected chi connectivity index (χ3v) is 5.00. The maximum absolute atomic E-state index is 12.2. The largest absolute Gasteiger partial charge is 0.495 e. The van der Waals surface area contributed by atoms with E-state index in [9.17, 15) is 13.2 Å². The molecule has 1 amide bonds. The van der Waals surface area contributed by atoms with Crippen LogP contribution in [0, 0.1) is 0 Å². The average Bonchev–Trinajstić information content (AvgIpc) is 2.97. The summed E-state index contributed by atoms with van der Waals surface area (Å²) in [6, 6.07) is 4.64. The number of likely N-dealkylation sites (tertiary alicyclic amines) is 1. The lowest BCUT2D eigenvalue weighted by molar-refractivity contribution is -0.128. The van der Waals surface area contributed by atoms with Gasteiger partial charge in [0.1, 0.15) is 12.3 Å². The summed E-state index contributed by atoms with van der Waals surface area (Å²) in [7, 11) is -2.11. The molecule has 0 saturated carbocycles. The van der Waals surface area contributed by atoms with Crippen LogP contribution in [0.4, 0.5) is 5.69 Å². The number of sulfonamides is 1. The average molecular weight is 347 g/mol. The molecule has 0 N–H and O–H groups in total. The molecular formula is C14H19ClN2O4S. The fourth-order valence-corrected chi connectivity index (χ4v) is 3.49. The SMILES string of the molecule is COc1ccc(N(CC(=O)N2CCCC2)S(C)(=O)=O)cc1Cl. The number of methoxy groups -OCH3 is 1. The summed E-state index contributed by atoms with van der Waals surface area (Å²) in [4.78, 5) is 13.9. The third-order valence-electron chi connectivity index (χ3n) is 3.56. The van der Waals surface area contributed by atoms with Gasteiger partial charge < -0.3 is 9.64 Å². The molecule has 2 rings (SSSR count). The van der Waals surface area contributed by atoms with Crippen molar-refractivity contribution in [1.82, 2.24) is 4.90 Å². The number of rotatable bonds is 5. The molecule has 1 saturated heterocycles. The molecule has 0 spiro atoms. The highest BCUT2D eigenvalue weighted by Gasteiger charge is 2.26. The zero-order valence-electron chi connectivity index (χ0n) is 12.6. The molecule has 0 aromatic heterocycles. The van der Waals surface area contributed by atoms with E-state index in [0.717, 1.165) is 23.4 Å². The van der Waals surface area contributed by atoms with E-state index < -0.39 is 10.0 Å². The van der Waals surface area contributed by atoms with Gasteiger partial charge in [0.05, 0.1) is 24.1 Å². The number of nitrogens with zero attached hydrogens (tertiary/aromatic N) is 2. The zero-order valence-corrected chi connectivity index (χ0v) is 14.2. The minimum atomic E-state index is -3.59. The second-order valence-electron chi connectivity index (χ2n) is 5.18. The van der Waals surface area contributed by atoms with E-state index in [1.807, 2.05) is 0 Å². The van der Waals surface area contributed by atoms with Gasteiger partial charge in [0.2, 0.25) is 15.9 Å². The van der Waals surface area contributed by atoms with Gasteiger partial charge >= 0.3 is 0 Å². The van der Waals surface area contributed by atoms with Gasteiger partial charge in [-0.15, -0.1) is 0 Å². The number of carbonyl (C=O) groups is 1. The van der Waals surface area contributed by atoms with Crippen LogP contribution in [0.1, 0.15) is 12.8 Å². The van der Waals surface area contributed by atoms with Crippen molar-refractivity contribution in [2.45, 2.75) is 12.8 Å². The summed E-state index contributed by atoms with van der Waals surface area (Å²) < 4.78 is 30.2. The maximum atomic E-state index is 12.2. The minimum absolute atomic E-state index is 0.199. The Hall–Kier alpha value is -1.47. The first-order valence-corrected chi connectivity index (χ1v) is 9.14. The Labute approximate surface area is 135 Å². The number of benzene rings is 1. The Balaban J connectivity index is 2.26. The maximum Gasteiger partial charge on any atom is 0.243 e. The second kappa shape index (κ2) is 6.75. The quantitative estimate of drug-likeness (QED) is 0.814. The van der Waals surface area contributed by atoms with Crippen LogP contribution in [-0.4, -0.2) is 52.2 Å². The molecule has 1 aliphatic rings. The molecule has 0 aliphatic carbocycles. The highest BCUT2D eigenvalue weighted by atomic mass is 35.5. The van der Waals surface area contributed by atoms with Crippen molar-refractivity contribution in [3.05, 3.63) is 23.2 Å². The number of amides is 1. The van der Waals surface area contributed by atoms with E-state index in [2.05, 4.69) is 0 Å². The van der Waals surface area contributed by atoms with Crippen LogP contribution in [-0.2, 0) is 14.8 Å². The lowest BCUT2D eigenvalue weighted by Crippen LogP contribution is -2.41. The number of anilines is 1. The van der Waals surface area contributed by atoms with Crippen molar-refractivity contribution in [2.75, 3.05) is 37.3 Å². The van der Waals surface area contributed by atoms with Gasteiger partial charge in [0.25, 0.3) is 0 Å². The standard InChI is InChI=1S/C14H19ClN2O4S/c1-21-13-6-5-11(9-12(13)15)17(22(2,19)20)10-14(18)16-7-3-4-8-16/h5-6,9H,3-4,7-8,10H2,1-2H3. The summed E-state index contributed by atoms with van der Waals surface area (Å²) in [5.41, 5.74) is 0.348. The van der Waals surface area contributed by atoms with Crippen molar-refractivity contribution >= 4 is 33.2 Å². The Morgan fingerprint density at radius 2 is 2.00 bits per heavy atom. The van der Waals surface area contributed by atoms with E-state index in [1.54, 1.807) is 17.0 Å². The first kappa shape index (κ1) is 16.9. The van der Waals surface area contributed by atoms with Crippen LogP contribution in [0.2, 0.25) is 5.02 Å². The smallest absolute Gasteiger partial charge is 0.243 e. The van der Waals surface area contributed by atoms with Gasteiger partial charge in [-0.1, -0.05) is 11.6 Å². The molecule has 0 bridgehead atoms. The number of halogens is 1. The molecular weight excluding hydrogens is 328 g/mol. The minimum Gasteiger partial charge on any atom is -0.495 e. The number of carbonyl (C=O) groups excluding carboxylic acids is 1. The Kier molecular flexibility index (Phi) is 5.18. The Morgan fingerprint density at radius 1 is 1.36 bits per heavy atom. The molecule has 22 heavy (non-hydrogen) atoms. The molecule has 8 heteroatoms. The van der Waals surface area contributed by atoms with Crippen LogP contribution >= 0.6 is 11.6 Å². The monoisotopic (exact) mass is 346 g/mol. The van der Waals surface area contributed by atoms with Gasteiger partial charge in [0, 0.05) is 13.1 Å². The zero-order chi connectivity index (χ0) is 16.3. The van der Waals surface area contributed by atoms with E-state index >= 15 is 0 Å². The summed E-state index contributed by atoms with van der Waals surface area (Å²) in [6.45, 7) is 1.14. The van der Waals surface area contributed by atoms with Crippen molar-refractivity contribution in [3.63, 3.8) is 0 Å². The van der Waals surface area contributed by atoms with Crippen molar-refractivity contribution in [2.24, 2.45) is 0 Å². The summed E-state index contributed by atoms with van der Waals surface area (Å²) in [6.07, 6.45) is 2.99. The molecule has 0 atom stereocenters. The first-order valence-electron chi connectivity index (χ1n) is 6.92. The lowest BCUT2D eigenvalue weighted by Gasteiger charge is -2.25. The van der Waals surface area contributed by atoms with E-state index in [1.165, 1.54) is 13.2 Å². The molecule has 0 radical (unpaired) electrons. The van der Waals surface area contributed by atoms with Crippen LogP contribution in [0.25, 0.3) is 0 Å².